The van der Waals surface area contributed by atoms with Crippen LogP contribution in [0.3, 0.4) is 0 Å². The highest BCUT2D eigenvalue weighted by molar-refractivity contribution is 6.07. The Labute approximate surface area is 224 Å². The number of amidine groups is 1. The summed E-state index contributed by atoms with van der Waals surface area (Å²) in [4.78, 5) is 17.4. The van der Waals surface area contributed by atoms with Crippen LogP contribution in [0.25, 0.3) is 0 Å². The van der Waals surface area contributed by atoms with Crippen molar-refractivity contribution in [3.8, 4) is 5.75 Å². The first-order valence-electron chi connectivity index (χ1n) is 14.5. The van der Waals surface area contributed by atoms with Crippen LogP contribution in [0.15, 0.2) is 59.6 Å². The van der Waals surface area contributed by atoms with Crippen LogP contribution >= 0.6 is 0 Å². The molecule has 5 nitrogen and oxygen atoms in total. The number of phenols is 1. The minimum atomic E-state index is -0.473. The summed E-state index contributed by atoms with van der Waals surface area (Å²) >= 11 is 0. The predicted molar refractivity (Wildman–Crippen MR) is 155 cm³/mol. The number of phenolic OH excluding ortho intramolecular Hbond substituents is 1. The first-order chi connectivity index (χ1) is 18.1. The maximum atomic E-state index is 12.8. The molecule has 204 valence electrons. The number of aliphatic imine (C=N–C) groups is 1. The number of aromatic hydroxyl groups is 1. The highest BCUT2D eigenvalue weighted by atomic mass is 16.6. The van der Waals surface area contributed by atoms with Gasteiger partial charge in [-0.3, -0.25) is 5.32 Å². The maximum Gasteiger partial charge on any atom is 0.413 e. The molecule has 1 amide bonds. The van der Waals surface area contributed by atoms with Gasteiger partial charge >= 0.3 is 6.09 Å². The molecule has 0 spiro atoms. The summed E-state index contributed by atoms with van der Waals surface area (Å²) in [6.07, 6.45) is 18.0. The van der Waals surface area contributed by atoms with E-state index in [2.05, 4.69) is 24.2 Å². The first kappa shape index (κ1) is 30.4. The molecule has 0 aliphatic carbocycles. The molecule has 0 fully saturated rings. The van der Waals surface area contributed by atoms with E-state index in [1.54, 1.807) is 24.3 Å². The topological polar surface area (TPSA) is 70.9 Å². The van der Waals surface area contributed by atoms with Gasteiger partial charge in [0.15, 0.2) is 0 Å². The molecule has 0 heterocycles. The summed E-state index contributed by atoms with van der Waals surface area (Å²) in [6.45, 7) is 4.39. The molecular formula is C32H48N2O3. The van der Waals surface area contributed by atoms with Gasteiger partial charge in [-0.05, 0) is 43.5 Å². The van der Waals surface area contributed by atoms with Crippen molar-refractivity contribution in [2.45, 2.75) is 116 Å². The Morgan fingerprint density at radius 1 is 0.757 bits per heavy atom. The second-order valence-electron chi connectivity index (χ2n) is 9.96. The van der Waals surface area contributed by atoms with Crippen LogP contribution in [0, 0.1) is 0 Å². The number of hydrogen-bond acceptors (Lipinski definition) is 4. The molecule has 0 aliphatic rings. The van der Waals surface area contributed by atoms with Gasteiger partial charge in [0.1, 0.15) is 17.7 Å². The Balaban J connectivity index is 1.75. The number of hydrogen-bond donors (Lipinski definition) is 2. The second-order valence-corrected chi connectivity index (χ2v) is 9.96. The maximum absolute atomic E-state index is 12.8. The van der Waals surface area contributed by atoms with Crippen molar-refractivity contribution in [3.05, 3.63) is 60.2 Å². The van der Waals surface area contributed by atoms with Crippen molar-refractivity contribution in [2.75, 3.05) is 0 Å². The van der Waals surface area contributed by atoms with E-state index >= 15 is 0 Å². The molecule has 0 aromatic heterocycles. The fourth-order valence-electron chi connectivity index (χ4n) is 4.49. The van der Waals surface area contributed by atoms with Crippen LogP contribution in [0.1, 0.15) is 116 Å². The summed E-state index contributed by atoms with van der Waals surface area (Å²) < 4.78 is 5.83. The number of nitrogens with zero attached hydrogens (tertiary/aromatic N) is 1. The van der Waals surface area contributed by atoms with Crippen LogP contribution in [-0.2, 0) is 4.74 Å². The molecule has 0 bridgehead atoms. The number of ether oxygens (including phenoxy) is 1. The smallest absolute Gasteiger partial charge is 0.413 e. The quantitative estimate of drug-likeness (QED) is 0.120. The van der Waals surface area contributed by atoms with Crippen molar-refractivity contribution in [1.82, 2.24) is 5.32 Å². The Morgan fingerprint density at radius 2 is 1.32 bits per heavy atom. The minimum Gasteiger partial charge on any atom is -0.508 e. The van der Waals surface area contributed by atoms with Crippen LogP contribution in [0.5, 0.6) is 5.75 Å². The molecule has 0 saturated carbocycles. The lowest BCUT2D eigenvalue weighted by molar-refractivity contribution is 0.0895. The third-order valence-corrected chi connectivity index (χ3v) is 6.62. The Bertz CT molecular complexity index is 881. The van der Waals surface area contributed by atoms with E-state index in [1.807, 2.05) is 30.3 Å². The van der Waals surface area contributed by atoms with Gasteiger partial charge in [-0.25, -0.2) is 9.79 Å². The number of benzene rings is 2. The van der Waals surface area contributed by atoms with Crippen molar-refractivity contribution in [2.24, 2.45) is 4.99 Å². The largest absolute Gasteiger partial charge is 0.508 e. The van der Waals surface area contributed by atoms with Crippen molar-refractivity contribution in [1.29, 1.82) is 0 Å². The summed E-state index contributed by atoms with van der Waals surface area (Å²) in [7, 11) is 0. The van der Waals surface area contributed by atoms with E-state index in [0.717, 1.165) is 31.2 Å². The number of rotatable bonds is 18. The van der Waals surface area contributed by atoms with Crippen LogP contribution in [0.2, 0.25) is 0 Å². The number of carbonyl (C=O) groups is 1. The lowest BCUT2D eigenvalue weighted by Crippen LogP contribution is -2.34. The molecule has 2 N–H and O–H groups in total. The van der Waals surface area contributed by atoms with Gasteiger partial charge in [-0.2, -0.15) is 0 Å². The number of nitrogens with one attached hydrogen (secondary N) is 1. The molecule has 0 aliphatic heterocycles. The molecule has 0 radical (unpaired) electrons. The molecule has 1 atom stereocenters. The number of unbranched alkanes of at least 4 members (excludes halogenated alkanes) is 11. The van der Waals surface area contributed by atoms with E-state index in [0.29, 0.717) is 11.5 Å². The molecule has 2 aromatic rings. The molecular weight excluding hydrogens is 460 g/mol. The van der Waals surface area contributed by atoms with Gasteiger partial charge in [0.2, 0.25) is 0 Å². The van der Waals surface area contributed by atoms with E-state index in [-0.39, 0.29) is 11.9 Å². The highest BCUT2D eigenvalue weighted by Gasteiger charge is 2.16. The fraction of sp³-hybridized carbons (Fsp3) is 0.562. The zero-order chi connectivity index (χ0) is 26.6. The van der Waals surface area contributed by atoms with Crippen LogP contribution in [0.4, 0.5) is 10.5 Å². The molecule has 1 unspecified atom stereocenters. The summed E-state index contributed by atoms with van der Waals surface area (Å²) in [5.74, 6) is 0.602. The van der Waals surface area contributed by atoms with Crippen molar-refractivity contribution >= 4 is 17.6 Å². The average Bonchev–Trinajstić information content (AvgIpc) is 2.90. The van der Waals surface area contributed by atoms with Crippen LogP contribution < -0.4 is 5.32 Å². The van der Waals surface area contributed by atoms with Crippen LogP contribution in [-0.4, -0.2) is 23.1 Å². The van der Waals surface area contributed by atoms with E-state index in [4.69, 9.17) is 4.74 Å². The van der Waals surface area contributed by atoms with Gasteiger partial charge in [0.25, 0.3) is 0 Å². The Kier molecular flexibility index (Phi) is 15.9. The number of amides is 1. The third kappa shape index (κ3) is 13.9. The molecule has 37 heavy (non-hydrogen) atoms. The molecule has 2 rings (SSSR count). The minimum absolute atomic E-state index is 0.0844. The SMILES string of the molecule is CCCCCCCCCCCCCCC(CCC)OC(=O)NC(=Nc1ccc(O)cc1)c1ccccc1. The second kappa shape index (κ2) is 19.3. The Morgan fingerprint density at radius 3 is 1.89 bits per heavy atom. The zero-order valence-corrected chi connectivity index (χ0v) is 23.1. The summed E-state index contributed by atoms with van der Waals surface area (Å²) in [5, 5.41) is 12.4. The third-order valence-electron chi connectivity index (χ3n) is 6.62. The monoisotopic (exact) mass is 508 g/mol. The fourth-order valence-corrected chi connectivity index (χ4v) is 4.49. The van der Waals surface area contributed by atoms with Gasteiger partial charge in [-0.15, -0.1) is 0 Å². The lowest BCUT2D eigenvalue weighted by Gasteiger charge is -2.18. The summed E-state index contributed by atoms with van der Waals surface area (Å²) in [5.41, 5.74) is 1.43. The van der Waals surface area contributed by atoms with E-state index in [1.165, 1.54) is 70.6 Å². The van der Waals surface area contributed by atoms with Crippen molar-refractivity contribution < 1.29 is 14.6 Å². The lowest BCUT2D eigenvalue weighted by atomic mass is 10.0. The van der Waals surface area contributed by atoms with Gasteiger partial charge in [0, 0.05) is 5.56 Å². The number of alkyl carbamates (subject to hydrolysis) is 1. The molecule has 2 aromatic carbocycles. The standard InChI is InChI=1S/C32H48N2O3/c1-3-5-6-7-8-9-10-11-12-13-14-18-22-30(19-4-2)37-32(36)34-31(27-20-16-15-17-21-27)33-28-23-25-29(35)26-24-28/h15-17,20-21,23-26,30,35H,3-14,18-19,22H2,1-2H3,(H,33,34,36). The predicted octanol–water partition coefficient (Wildman–Crippen LogP) is 9.46. The number of carbonyl (C=O) groups excluding carboxylic acids is 1. The Hall–Kier alpha value is -2.82. The van der Waals surface area contributed by atoms with Gasteiger partial charge in [0.05, 0.1) is 5.69 Å². The van der Waals surface area contributed by atoms with Gasteiger partial charge in [-0.1, -0.05) is 121 Å². The summed E-state index contributed by atoms with van der Waals surface area (Å²) in [6, 6.07) is 16.1. The van der Waals surface area contributed by atoms with Gasteiger partial charge < -0.3 is 9.84 Å². The first-order valence-corrected chi connectivity index (χ1v) is 14.5. The zero-order valence-electron chi connectivity index (χ0n) is 23.1. The average molecular weight is 509 g/mol. The normalized spacial score (nSPS) is 12.3. The van der Waals surface area contributed by atoms with Crippen molar-refractivity contribution in [3.63, 3.8) is 0 Å². The molecule has 0 saturated heterocycles. The molecule has 5 heteroatoms. The van der Waals surface area contributed by atoms with E-state index < -0.39 is 6.09 Å². The van der Waals surface area contributed by atoms with E-state index in [9.17, 15) is 9.90 Å². The highest BCUT2D eigenvalue weighted by Crippen LogP contribution is 2.19.